The van der Waals surface area contributed by atoms with Gasteiger partial charge in [0.1, 0.15) is 109 Å². The number of phenolic OH excluding ortho intramolecular Hbond substituents is 5. The number of aromatic hydroxyl groups is 5. The number of fused-ring (bicyclic) bond motifs is 12. The molecular formula is C105H88N6O32. The first-order valence-corrected chi connectivity index (χ1v) is 44.7. The maximum absolute atomic E-state index is 13.5. The van der Waals surface area contributed by atoms with Gasteiger partial charge in [-0.05, 0) is 195 Å². The number of nitrogens with zero attached hydrogens (tertiary/aromatic N) is 1. The third-order valence-corrected chi connectivity index (χ3v) is 28.6. The lowest BCUT2D eigenvalue weighted by molar-refractivity contribution is -0.148. The molecule has 38 nitrogen and oxygen atoms in total. The Hall–Kier alpha value is -17.5. The van der Waals surface area contributed by atoms with Gasteiger partial charge in [-0.15, -0.1) is 0 Å². The quantitative estimate of drug-likeness (QED) is 0.0211. The molecule has 4 fully saturated rings. The molecule has 0 heterocycles. The van der Waals surface area contributed by atoms with Gasteiger partial charge >= 0.3 is 6.09 Å². The Morgan fingerprint density at radius 1 is 0.420 bits per heavy atom. The summed E-state index contributed by atoms with van der Waals surface area (Å²) in [6.07, 6.45) is 0.562. The fourth-order valence-corrected chi connectivity index (χ4v) is 21.8. The zero-order valence-electron chi connectivity index (χ0n) is 75.3. The largest absolute Gasteiger partial charge is 0.508 e. The van der Waals surface area contributed by atoms with Gasteiger partial charge in [0.2, 0.25) is 23.1 Å². The number of primary amides is 4. The molecule has 19 rings (SSSR count). The second kappa shape index (κ2) is 37.0. The Morgan fingerprint density at radius 2 is 0.776 bits per heavy atom. The van der Waals surface area contributed by atoms with Crippen LogP contribution in [0.3, 0.4) is 0 Å². The molecule has 26 N–H and O–H groups in total. The van der Waals surface area contributed by atoms with Gasteiger partial charge in [-0.1, -0.05) is 77.8 Å². The van der Waals surface area contributed by atoms with E-state index in [2.05, 4.69) is 29.0 Å². The number of amides is 5. The molecule has 5 amide bonds. The molecule has 0 aromatic heterocycles. The highest BCUT2D eigenvalue weighted by Crippen LogP contribution is 2.59. The Labute approximate surface area is 808 Å². The van der Waals surface area contributed by atoms with E-state index in [1.807, 2.05) is 13.0 Å². The van der Waals surface area contributed by atoms with Crippen molar-refractivity contribution < 1.29 is 159 Å². The van der Waals surface area contributed by atoms with Crippen molar-refractivity contribution in [3.63, 3.8) is 0 Å². The normalized spacial score (nSPS) is 25.1. The number of ketones is 8. The highest BCUT2D eigenvalue weighted by molar-refractivity contribution is 6.26. The lowest BCUT2D eigenvalue weighted by Gasteiger charge is -2.46. The van der Waals surface area contributed by atoms with Gasteiger partial charge in [0, 0.05) is 112 Å². The van der Waals surface area contributed by atoms with Crippen LogP contribution in [0.15, 0.2) is 189 Å². The van der Waals surface area contributed by atoms with Crippen molar-refractivity contribution in [3.8, 4) is 75.4 Å². The van der Waals surface area contributed by atoms with E-state index in [0.29, 0.717) is 81.4 Å². The van der Waals surface area contributed by atoms with E-state index in [-0.39, 0.29) is 150 Å². The number of nitrogens with two attached hydrogens (primary N) is 4. The van der Waals surface area contributed by atoms with Crippen LogP contribution in [0.5, 0.6) is 34.5 Å². The van der Waals surface area contributed by atoms with Crippen LogP contribution in [0.1, 0.15) is 148 Å². The summed E-state index contributed by atoms with van der Waals surface area (Å²) in [5, 5.41) is 195. The van der Waals surface area contributed by atoms with E-state index < -0.39 is 221 Å². The van der Waals surface area contributed by atoms with Gasteiger partial charge in [0.05, 0.1) is 28.3 Å². The SMILES string of the molecule is Cc1ccc(OC(=O)Nc2ccc(O)c3c2C[C@H]2C[C@H]4CC(=O)C(C(N)=O)=C(O)[C@@]4(O)C(=O)C2=C3O)cc1.N#CCCCC#Cc1ccc(O)c2c1C[C@H]1C[C@H]3CC(=O)C(C(N)=O)=C(O)[C@@]3(O)C(=O)C1=C2O.NC(=O)C1=C(O)[C@@]2(O)C(=O)C3=C(O)c4c(O)ccc(-c5ccc(C=O)cc5)c4C[C@H]3C[C@H]2CC1=O.NC(=O)C1=C(O)[C@@]2(O)C(=O)C3=C(O)c4c(O)ccc(C#Cc5cccc(O)c5)c4C[C@H]3C[C@H]2CC1=O. The summed E-state index contributed by atoms with van der Waals surface area (Å²) in [5.74, 6) is -15.0. The number of carbonyl (C=O) groups is 14. The number of aryl methyl sites for hydroxylation is 1. The average molecular weight is 1950 g/mol. The van der Waals surface area contributed by atoms with E-state index in [0.717, 1.165) is 11.1 Å². The van der Waals surface area contributed by atoms with Crippen LogP contribution < -0.4 is 33.0 Å². The van der Waals surface area contributed by atoms with Crippen LogP contribution in [0.4, 0.5) is 10.5 Å². The van der Waals surface area contributed by atoms with Crippen molar-refractivity contribution >= 4 is 111 Å². The minimum Gasteiger partial charge on any atom is -0.508 e. The summed E-state index contributed by atoms with van der Waals surface area (Å²) in [6, 6.07) is 33.4. The second-order valence-electron chi connectivity index (χ2n) is 36.8. The molecule has 730 valence electrons. The smallest absolute Gasteiger partial charge is 0.417 e. The molecule has 143 heavy (non-hydrogen) atoms. The van der Waals surface area contributed by atoms with Crippen molar-refractivity contribution in [1.29, 1.82) is 5.26 Å². The van der Waals surface area contributed by atoms with Gasteiger partial charge in [-0.25, -0.2) is 4.79 Å². The zero-order valence-corrected chi connectivity index (χ0v) is 75.3. The number of hydrogen-bond acceptors (Lipinski definition) is 33. The first-order chi connectivity index (χ1) is 67.7. The third-order valence-electron chi connectivity index (χ3n) is 28.6. The topological polar surface area (TPSA) is 732 Å². The summed E-state index contributed by atoms with van der Waals surface area (Å²) in [7, 11) is 0. The lowest BCUT2D eigenvalue weighted by Crippen LogP contribution is -2.58. The maximum Gasteiger partial charge on any atom is 0.417 e. The predicted molar refractivity (Wildman–Crippen MR) is 498 cm³/mol. The summed E-state index contributed by atoms with van der Waals surface area (Å²) in [6.45, 7) is 1.88. The molecule has 4 saturated carbocycles. The number of anilines is 1. The molecule has 0 spiro atoms. The van der Waals surface area contributed by atoms with E-state index >= 15 is 0 Å². The number of unbranched alkanes of at least 4 members (excludes halogenated alkanes) is 2. The number of Topliss-reactive ketones (excluding diaryl/α,β-unsaturated/α-hetero) is 8. The zero-order chi connectivity index (χ0) is 103. The molecular weight excluding hydrogens is 1860 g/mol. The molecule has 12 atom stereocenters. The number of carbonyl (C=O) groups excluding carboxylic acids is 14. The van der Waals surface area contributed by atoms with Crippen molar-refractivity contribution in [2.75, 3.05) is 5.32 Å². The molecule has 7 aromatic rings. The Balaban J connectivity index is 0.000000137. The molecule has 0 saturated heterocycles. The van der Waals surface area contributed by atoms with Crippen molar-refractivity contribution in [2.45, 2.75) is 126 Å². The van der Waals surface area contributed by atoms with E-state index in [4.69, 9.17) is 32.9 Å². The summed E-state index contributed by atoms with van der Waals surface area (Å²) in [5.41, 5.74) is 12.5. The molecule has 12 aliphatic rings. The van der Waals surface area contributed by atoms with Crippen molar-refractivity contribution in [1.82, 2.24) is 0 Å². The minimum absolute atomic E-state index is 0.0101. The number of aldehydes is 1. The van der Waals surface area contributed by atoms with Gasteiger partial charge < -0.3 is 114 Å². The predicted octanol–water partition coefficient (Wildman–Crippen LogP) is 7.25. The standard InChI is InChI=1S/C27H24N2O9.C27H21NO8.C26H21NO8.C25H22N2O7/c1-11-2-4-14(5-3-11)38-26(36)29-16-6-7-17(30)20-15(16)9-12-8-13-10-18(31)21(25(28)35)24(34)27(13,37)23(33)19(12)22(20)32;28-26(35)22-19(31)11-15-9-14-10-17-13(5-4-12-2-1-3-16(29)8-12)6-7-18(30)21(17)23(32)20(14)24(33)27(15,36)25(22)34;27-25(34)21-18(30)9-14-7-13-8-16-15(12-3-1-11(10-28)2-4-12)5-6-17(29)20(16)22(31)19(13)23(32)26(14,35)24(21)33;26-8-4-2-1-3-5-12-6-7-16(28)19-15(12)10-13-9-14-11-17(29)20(24(27)33)23(32)25(14,34)22(31)18(13)21(19)30/h2-7,12-13,30,32,34,37H,8-10H2,1H3,(H2,28,35)(H,29,36);1-3,6-8,14-15,29-30,32,34,36H,9-11H2,(H2,28,35);1-6,10,13-14,29,31,33,35H,7-9H2,(H2,27,34);6-7,13-14,28,30,32,34H,1-2,4,9-11H2,(H2,27,33)/t12-,13+,27+;14-,15+,27+;13-,14+,26+;13-,14+,25+/m1111/s1. The van der Waals surface area contributed by atoms with Crippen LogP contribution >= 0.6 is 0 Å². The molecule has 0 aliphatic heterocycles. The fraction of sp³-hybridized carbons (Fsp3) is 0.267. The first kappa shape index (κ1) is 98.5. The number of ether oxygens (including phenoxy) is 1. The molecule has 0 radical (unpaired) electrons. The highest BCUT2D eigenvalue weighted by Gasteiger charge is 2.66. The molecule has 0 unspecified atom stereocenters. The minimum atomic E-state index is -2.64. The summed E-state index contributed by atoms with van der Waals surface area (Å²) >= 11 is 0. The fourth-order valence-electron chi connectivity index (χ4n) is 21.8. The van der Waals surface area contributed by atoms with E-state index in [1.165, 1.54) is 42.5 Å². The van der Waals surface area contributed by atoms with Gasteiger partial charge in [0.25, 0.3) is 23.6 Å². The van der Waals surface area contributed by atoms with Gasteiger partial charge in [0.15, 0.2) is 45.5 Å². The summed E-state index contributed by atoms with van der Waals surface area (Å²) in [4.78, 5) is 174. The summed E-state index contributed by atoms with van der Waals surface area (Å²) < 4.78 is 5.30. The number of phenols is 5. The first-order valence-electron chi connectivity index (χ1n) is 44.7. The van der Waals surface area contributed by atoms with Gasteiger partial charge in [-0.3, -0.25) is 67.6 Å². The van der Waals surface area contributed by atoms with Crippen LogP contribution in [0, 0.1) is 89.3 Å². The number of hydrogen-bond donors (Lipinski definition) is 22. The molecule has 12 aliphatic carbocycles. The second-order valence-corrected chi connectivity index (χ2v) is 36.8. The number of aliphatic hydroxyl groups is 12. The van der Waals surface area contributed by atoms with Crippen molar-refractivity contribution in [2.24, 2.45) is 70.3 Å². The Kier molecular flexibility index (Phi) is 25.5. The van der Waals surface area contributed by atoms with Crippen LogP contribution in [-0.4, -0.2) is 191 Å². The molecule has 0 bridgehead atoms. The Bertz CT molecular complexity index is 7440. The van der Waals surface area contributed by atoms with E-state index in [9.17, 15) is 154 Å². The lowest BCUT2D eigenvalue weighted by atomic mass is 9.59. The van der Waals surface area contributed by atoms with Crippen LogP contribution in [-0.2, 0) is 83.2 Å². The molecule has 38 heteroatoms. The monoisotopic (exact) mass is 1940 g/mol. The van der Waals surface area contributed by atoms with Gasteiger partial charge in [-0.2, -0.15) is 5.26 Å². The van der Waals surface area contributed by atoms with Crippen LogP contribution in [0.25, 0.3) is 34.2 Å². The number of benzene rings is 7. The number of nitrogens with one attached hydrogen (secondary N) is 1. The average Bonchev–Trinajstić information content (AvgIpc) is 0.718. The molecule has 7 aromatic carbocycles. The number of nitriles is 1. The number of aliphatic hydroxyl groups excluding tert-OH is 8. The maximum atomic E-state index is 13.5. The number of rotatable bonds is 10. The van der Waals surface area contributed by atoms with Crippen molar-refractivity contribution in [3.05, 3.63) is 261 Å². The highest BCUT2D eigenvalue weighted by atomic mass is 16.6. The Morgan fingerprint density at radius 3 is 1.15 bits per heavy atom. The van der Waals surface area contributed by atoms with E-state index in [1.54, 1.807) is 78.9 Å². The van der Waals surface area contributed by atoms with Crippen LogP contribution in [0.2, 0.25) is 0 Å². The third kappa shape index (κ3) is 16.3.